The average Bonchev–Trinajstić information content (AvgIpc) is 3.11. The van der Waals surface area contributed by atoms with Gasteiger partial charge >= 0.3 is 0 Å². The standard InChI is InChI=1S/C19H27ClN8O2/c1-10-12-5-11(19(12,2)3)6-13(10)23-14-7-22-28(18(30)17(14)20)9-16(29)21-8-15-24-25-26-27(15)4/h7,10-13,23H,5-6,8-9H2,1-4H3,(H,21,29)/t10-,11-,12+,13-/m1/s1. The molecule has 10 nitrogen and oxygen atoms in total. The van der Waals surface area contributed by atoms with E-state index in [1.807, 2.05) is 0 Å². The topological polar surface area (TPSA) is 120 Å². The first kappa shape index (κ1) is 20.8. The molecule has 2 heterocycles. The van der Waals surface area contributed by atoms with Crippen molar-refractivity contribution < 1.29 is 4.79 Å². The molecule has 0 radical (unpaired) electrons. The number of tetrazole rings is 1. The Morgan fingerprint density at radius 1 is 1.37 bits per heavy atom. The summed E-state index contributed by atoms with van der Waals surface area (Å²) in [6.07, 6.45) is 3.87. The monoisotopic (exact) mass is 434 g/mol. The van der Waals surface area contributed by atoms with Crippen LogP contribution in [0.15, 0.2) is 11.0 Å². The second-order valence-electron chi connectivity index (χ2n) is 9.04. The van der Waals surface area contributed by atoms with Crippen molar-refractivity contribution in [3.05, 3.63) is 27.4 Å². The molecule has 5 rings (SSSR count). The quantitative estimate of drug-likeness (QED) is 0.701. The molecule has 2 aromatic rings. The van der Waals surface area contributed by atoms with E-state index in [0.717, 1.165) is 11.1 Å². The zero-order valence-electron chi connectivity index (χ0n) is 17.6. The predicted molar refractivity (Wildman–Crippen MR) is 111 cm³/mol. The zero-order valence-corrected chi connectivity index (χ0v) is 18.3. The molecule has 2 bridgehead atoms. The number of nitrogens with zero attached hydrogens (tertiary/aromatic N) is 6. The Bertz CT molecular complexity index is 1020. The summed E-state index contributed by atoms with van der Waals surface area (Å²) in [6.45, 7) is 6.88. The van der Waals surface area contributed by atoms with Crippen LogP contribution in [0, 0.1) is 23.2 Å². The molecule has 11 heteroatoms. The molecule has 30 heavy (non-hydrogen) atoms. The number of hydrogen-bond donors (Lipinski definition) is 2. The van der Waals surface area contributed by atoms with Gasteiger partial charge in [-0.1, -0.05) is 32.4 Å². The SMILES string of the molecule is C[C@H]1[C@H](Nc2cnn(CC(=O)NCc3nnnn3C)c(=O)c2Cl)C[C@H]2C[C@@H]1C2(C)C. The first-order valence-electron chi connectivity index (χ1n) is 10.2. The van der Waals surface area contributed by atoms with Crippen LogP contribution in [-0.4, -0.2) is 41.9 Å². The van der Waals surface area contributed by atoms with Crippen molar-refractivity contribution in [3.63, 3.8) is 0 Å². The number of rotatable bonds is 6. The lowest BCUT2D eigenvalue weighted by Gasteiger charge is -2.62. The predicted octanol–water partition coefficient (Wildman–Crippen LogP) is 1.22. The first-order chi connectivity index (χ1) is 14.2. The van der Waals surface area contributed by atoms with Crippen LogP contribution in [0.1, 0.15) is 39.4 Å². The second kappa shape index (κ2) is 7.64. The van der Waals surface area contributed by atoms with E-state index in [2.05, 4.69) is 52.0 Å². The van der Waals surface area contributed by atoms with E-state index in [4.69, 9.17) is 11.6 Å². The van der Waals surface area contributed by atoms with Crippen molar-refractivity contribution in [2.45, 2.75) is 52.7 Å². The van der Waals surface area contributed by atoms with Crippen molar-refractivity contribution in [3.8, 4) is 0 Å². The van der Waals surface area contributed by atoms with Gasteiger partial charge in [-0.25, -0.2) is 9.36 Å². The van der Waals surface area contributed by atoms with Gasteiger partial charge in [-0.3, -0.25) is 9.59 Å². The molecule has 3 saturated carbocycles. The molecule has 0 aliphatic heterocycles. The maximum atomic E-state index is 12.6. The fourth-order valence-corrected chi connectivity index (χ4v) is 5.19. The molecule has 2 N–H and O–H groups in total. The number of anilines is 1. The fraction of sp³-hybridized carbons (Fsp3) is 0.684. The second-order valence-corrected chi connectivity index (χ2v) is 9.41. The van der Waals surface area contributed by atoms with Gasteiger partial charge in [-0.2, -0.15) is 5.10 Å². The minimum Gasteiger partial charge on any atom is -0.379 e. The summed E-state index contributed by atoms with van der Waals surface area (Å²) in [5.41, 5.74) is 0.419. The molecule has 3 aliphatic carbocycles. The van der Waals surface area contributed by atoms with Gasteiger partial charge in [0.15, 0.2) is 5.82 Å². The van der Waals surface area contributed by atoms with E-state index < -0.39 is 5.56 Å². The Morgan fingerprint density at radius 2 is 2.13 bits per heavy atom. The summed E-state index contributed by atoms with van der Waals surface area (Å²) in [5, 5.41) is 21.3. The number of amides is 1. The minimum atomic E-state index is -0.494. The van der Waals surface area contributed by atoms with Crippen LogP contribution in [0.4, 0.5) is 5.69 Å². The number of aryl methyl sites for hydroxylation is 1. The smallest absolute Gasteiger partial charge is 0.288 e. The third kappa shape index (κ3) is 3.57. The summed E-state index contributed by atoms with van der Waals surface area (Å²) >= 11 is 6.33. The Morgan fingerprint density at radius 3 is 2.77 bits per heavy atom. The molecule has 1 amide bonds. The fourth-order valence-electron chi connectivity index (χ4n) is 4.99. The van der Waals surface area contributed by atoms with Crippen LogP contribution in [0.2, 0.25) is 5.02 Å². The van der Waals surface area contributed by atoms with E-state index in [9.17, 15) is 9.59 Å². The third-order valence-corrected chi connectivity index (χ3v) is 7.49. The van der Waals surface area contributed by atoms with Crippen LogP contribution in [-0.2, 0) is 24.9 Å². The highest BCUT2D eigenvalue weighted by molar-refractivity contribution is 6.32. The number of halogens is 1. The molecule has 4 atom stereocenters. The lowest BCUT2D eigenvalue weighted by Crippen LogP contribution is -2.58. The molecular formula is C19H27ClN8O2. The number of carbonyl (C=O) groups excluding carboxylic acids is 1. The molecule has 2 aromatic heterocycles. The normalized spacial score (nSPS) is 26.7. The lowest BCUT2D eigenvalue weighted by atomic mass is 9.45. The van der Waals surface area contributed by atoms with Gasteiger partial charge in [-0.05, 0) is 46.4 Å². The van der Waals surface area contributed by atoms with Gasteiger partial charge in [0.05, 0.1) is 18.4 Å². The maximum Gasteiger partial charge on any atom is 0.288 e. The Balaban J connectivity index is 1.39. The van der Waals surface area contributed by atoms with Crippen molar-refractivity contribution in [1.82, 2.24) is 35.3 Å². The van der Waals surface area contributed by atoms with Crippen LogP contribution in [0.5, 0.6) is 0 Å². The van der Waals surface area contributed by atoms with Crippen LogP contribution in [0.3, 0.4) is 0 Å². The molecule has 0 unspecified atom stereocenters. The number of hydrogen-bond acceptors (Lipinski definition) is 7. The van der Waals surface area contributed by atoms with E-state index >= 15 is 0 Å². The molecule has 0 saturated heterocycles. The van der Waals surface area contributed by atoms with Crippen molar-refractivity contribution >= 4 is 23.2 Å². The van der Waals surface area contributed by atoms with Crippen LogP contribution >= 0.6 is 11.6 Å². The average molecular weight is 435 g/mol. The highest BCUT2D eigenvalue weighted by Crippen LogP contribution is 2.61. The number of aromatic nitrogens is 6. The molecule has 0 aromatic carbocycles. The number of nitrogens with one attached hydrogen (secondary N) is 2. The maximum absolute atomic E-state index is 12.6. The summed E-state index contributed by atoms with van der Waals surface area (Å²) in [6, 6.07) is 0.264. The molecule has 3 aliphatic rings. The number of fused-ring (bicyclic) bond motifs is 2. The van der Waals surface area contributed by atoms with Gasteiger partial charge in [0.2, 0.25) is 5.91 Å². The van der Waals surface area contributed by atoms with Gasteiger partial charge in [-0.15, -0.1) is 5.10 Å². The van der Waals surface area contributed by atoms with E-state index in [0.29, 0.717) is 34.7 Å². The minimum absolute atomic E-state index is 0.0565. The summed E-state index contributed by atoms with van der Waals surface area (Å²) in [7, 11) is 1.68. The largest absolute Gasteiger partial charge is 0.379 e. The Kier molecular flexibility index (Phi) is 5.29. The number of carbonyl (C=O) groups is 1. The highest BCUT2D eigenvalue weighted by Gasteiger charge is 2.56. The Labute approximate surface area is 179 Å². The molecule has 3 fully saturated rings. The summed E-state index contributed by atoms with van der Waals surface area (Å²) in [5.74, 6) is 1.98. The highest BCUT2D eigenvalue weighted by atomic mass is 35.5. The molecular weight excluding hydrogens is 408 g/mol. The van der Waals surface area contributed by atoms with Gasteiger partial charge < -0.3 is 10.6 Å². The van der Waals surface area contributed by atoms with E-state index in [-0.39, 0.29) is 30.1 Å². The zero-order chi connectivity index (χ0) is 21.6. The lowest BCUT2D eigenvalue weighted by molar-refractivity contribution is -0.122. The van der Waals surface area contributed by atoms with Crippen molar-refractivity contribution in [1.29, 1.82) is 0 Å². The van der Waals surface area contributed by atoms with Crippen molar-refractivity contribution in [2.24, 2.45) is 30.2 Å². The van der Waals surface area contributed by atoms with Crippen LogP contribution < -0.4 is 16.2 Å². The van der Waals surface area contributed by atoms with Crippen molar-refractivity contribution in [2.75, 3.05) is 5.32 Å². The Hall–Kier alpha value is -2.49. The summed E-state index contributed by atoms with van der Waals surface area (Å²) in [4.78, 5) is 24.8. The van der Waals surface area contributed by atoms with Crippen LogP contribution in [0.25, 0.3) is 0 Å². The molecule has 0 spiro atoms. The van der Waals surface area contributed by atoms with E-state index in [1.165, 1.54) is 17.3 Å². The summed E-state index contributed by atoms with van der Waals surface area (Å²) < 4.78 is 2.52. The molecule has 162 valence electrons. The van der Waals surface area contributed by atoms with Gasteiger partial charge in [0.1, 0.15) is 11.6 Å². The van der Waals surface area contributed by atoms with Gasteiger partial charge in [0, 0.05) is 13.1 Å². The van der Waals surface area contributed by atoms with E-state index in [1.54, 1.807) is 7.05 Å². The third-order valence-electron chi connectivity index (χ3n) is 7.12. The van der Waals surface area contributed by atoms with Gasteiger partial charge in [0.25, 0.3) is 5.56 Å². The first-order valence-corrected chi connectivity index (χ1v) is 10.6.